The molecule has 5 heteroatoms. The van der Waals surface area contributed by atoms with Crippen LogP contribution in [-0.4, -0.2) is 22.2 Å². The molecule has 162 valence electrons. The normalized spacial score (nSPS) is 11.7. The Kier molecular flexibility index (Phi) is 10.5. The van der Waals surface area contributed by atoms with Gasteiger partial charge in [0.05, 0.1) is 5.92 Å². The molecule has 0 saturated carbocycles. The largest absolute Gasteiger partial charge is 0.489 e. The first kappa shape index (κ1) is 23.5. The third kappa shape index (κ3) is 9.59. The van der Waals surface area contributed by atoms with Gasteiger partial charge in [0.2, 0.25) is 0 Å². The van der Waals surface area contributed by atoms with E-state index >= 15 is 0 Å². The van der Waals surface area contributed by atoms with Gasteiger partial charge >= 0.3 is 11.9 Å². The number of carbonyl (C=O) groups is 2. The van der Waals surface area contributed by atoms with Crippen LogP contribution in [0, 0.1) is 5.92 Å². The molecular formula is C25H32O5. The minimum absolute atomic E-state index is 0.233. The maximum Gasteiger partial charge on any atom is 0.306 e. The lowest BCUT2D eigenvalue weighted by atomic mass is 9.93. The van der Waals surface area contributed by atoms with E-state index in [-0.39, 0.29) is 12.3 Å². The fourth-order valence-corrected chi connectivity index (χ4v) is 3.43. The Labute approximate surface area is 178 Å². The van der Waals surface area contributed by atoms with Crippen molar-refractivity contribution in [2.75, 3.05) is 0 Å². The summed E-state index contributed by atoms with van der Waals surface area (Å²) in [5.74, 6) is -1.10. The van der Waals surface area contributed by atoms with Gasteiger partial charge in [-0.3, -0.25) is 9.59 Å². The van der Waals surface area contributed by atoms with Crippen LogP contribution >= 0.6 is 0 Å². The predicted octanol–water partition coefficient (Wildman–Crippen LogP) is 5.71. The van der Waals surface area contributed by atoms with E-state index in [2.05, 4.69) is 0 Å². The molecular weight excluding hydrogens is 380 g/mol. The molecule has 0 spiro atoms. The van der Waals surface area contributed by atoms with Gasteiger partial charge in [-0.15, -0.1) is 0 Å². The molecule has 0 amide bonds. The van der Waals surface area contributed by atoms with Gasteiger partial charge in [0.25, 0.3) is 0 Å². The maximum absolute atomic E-state index is 11.6. The highest BCUT2D eigenvalue weighted by molar-refractivity contribution is 5.70. The number of rotatable bonds is 15. The van der Waals surface area contributed by atoms with Crippen LogP contribution in [0.1, 0.15) is 62.5 Å². The second-order valence-electron chi connectivity index (χ2n) is 7.71. The Morgan fingerprint density at radius 2 is 1.40 bits per heavy atom. The average Bonchev–Trinajstić information content (AvgIpc) is 2.74. The molecule has 0 aliphatic heterocycles. The Balaban J connectivity index is 1.68. The van der Waals surface area contributed by atoms with E-state index < -0.39 is 11.9 Å². The molecule has 2 aromatic carbocycles. The van der Waals surface area contributed by atoms with E-state index in [0.29, 0.717) is 19.4 Å². The number of carboxylic acid groups (broad SMARTS) is 2. The fourth-order valence-electron chi connectivity index (χ4n) is 3.43. The molecule has 0 fully saturated rings. The van der Waals surface area contributed by atoms with Crippen LogP contribution in [0.3, 0.4) is 0 Å². The molecule has 0 bridgehead atoms. The van der Waals surface area contributed by atoms with Gasteiger partial charge in [0.15, 0.2) is 0 Å². The van der Waals surface area contributed by atoms with Crippen LogP contribution in [0.4, 0.5) is 0 Å². The number of hydrogen-bond donors (Lipinski definition) is 2. The summed E-state index contributed by atoms with van der Waals surface area (Å²) in [5, 5.41) is 18.2. The van der Waals surface area contributed by atoms with Gasteiger partial charge in [-0.25, -0.2) is 0 Å². The second-order valence-corrected chi connectivity index (χ2v) is 7.71. The van der Waals surface area contributed by atoms with E-state index in [1.165, 1.54) is 0 Å². The zero-order chi connectivity index (χ0) is 21.6. The monoisotopic (exact) mass is 412 g/mol. The summed E-state index contributed by atoms with van der Waals surface area (Å²) in [6.07, 6.45) is 6.97. The number of carboxylic acids is 2. The first-order valence-corrected chi connectivity index (χ1v) is 10.7. The third-order valence-corrected chi connectivity index (χ3v) is 5.20. The number of benzene rings is 2. The van der Waals surface area contributed by atoms with Gasteiger partial charge < -0.3 is 14.9 Å². The molecule has 2 aromatic rings. The van der Waals surface area contributed by atoms with Crippen LogP contribution in [0.2, 0.25) is 0 Å². The van der Waals surface area contributed by atoms with E-state index in [0.717, 1.165) is 55.4 Å². The summed E-state index contributed by atoms with van der Waals surface area (Å²) in [4.78, 5) is 22.1. The third-order valence-electron chi connectivity index (χ3n) is 5.20. The molecule has 0 aliphatic carbocycles. The van der Waals surface area contributed by atoms with Crippen molar-refractivity contribution in [2.45, 2.75) is 64.4 Å². The lowest BCUT2D eigenvalue weighted by Gasteiger charge is -2.13. The zero-order valence-corrected chi connectivity index (χ0v) is 17.5. The summed E-state index contributed by atoms with van der Waals surface area (Å²) in [6.45, 7) is 0.508. The number of unbranched alkanes of at least 4 members (excludes halogenated alkanes) is 5. The Morgan fingerprint density at radius 3 is 2.03 bits per heavy atom. The quantitative estimate of drug-likeness (QED) is 0.366. The first-order valence-electron chi connectivity index (χ1n) is 10.7. The number of aliphatic carboxylic acids is 2. The van der Waals surface area contributed by atoms with Gasteiger partial charge in [-0.2, -0.15) is 0 Å². The first-order chi connectivity index (χ1) is 14.5. The van der Waals surface area contributed by atoms with Crippen molar-refractivity contribution in [1.82, 2.24) is 0 Å². The highest BCUT2D eigenvalue weighted by Gasteiger charge is 2.17. The summed E-state index contributed by atoms with van der Waals surface area (Å²) in [5.41, 5.74) is 2.11. The lowest BCUT2D eigenvalue weighted by Crippen LogP contribution is -2.16. The molecule has 0 radical (unpaired) electrons. The van der Waals surface area contributed by atoms with Crippen molar-refractivity contribution in [3.63, 3.8) is 0 Å². The van der Waals surface area contributed by atoms with Crippen molar-refractivity contribution in [3.05, 3.63) is 65.7 Å². The van der Waals surface area contributed by atoms with Gasteiger partial charge in [-0.1, -0.05) is 74.6 Å². The molecule has 30 heavy (non-hydrogen) atoms. The maximum atomic E-state index is 11.6. The van der Waals surface area contributed by atoms with Crippen LogP contribution in [0.5, 0.6) is 5.75 Å². The second kappa shape index (κ2) is 13.4. The van der Waals surface area contributed by atoms with Crippen molar-refractivity contribution in [3.8, 4) is 5.75 Å². The fraction of sp³-hybridized carbons (Fsp3) is 0.440. The summed E-state index contributed by atoms with van der Waals surface area (Å²) >= 11 is 0. The van der Waals surface area contributed by atoms with Crippen molar-refractivity contribution in [2.24, 2.45) is 5.92 Å². The van der Waals surface area contributed by atoms with Crippen LogP contribution < -0.4 is 4.74 Å². The summed E-state index contributed by atoms with van der Waals surface area (Å²) in [7, 11) is 0. The zero-order valence-electron chi connectivity index (χ0n) is 17.5. The van der Waals surface area contributed by atoms with Crippen LogP contribution in [0.15, 0.2) is 54.6 Å². The van der Waals surface area contributed by atoms with Crippen molar-refractivity contribution >= 4 is 11.9 Å². The van der Waals surface area contributed by atoms with Gasteiger partial charge in [-0.05, 0) is 42.5 Å². The topological polar surface area (TPSA) is 83.8 Å². The molecule has 5 nitrogen and oxygen atoms in total. The number of hydrogen-bond acceptors (Lipinski definition) is 3. The molecule has 2 N–H and O–H groups in total. The molecule has 1 atom stereocenters. The highest BCUT2D eigenvalue weighted by Crippen LogP contribution is 2.20. The minimum Gasteiger partial charge on any atom is -0.489 e. The Hall–Kier alpha value is -2.82. The van der Waals surface area contributed by atoms with Crippen molar-refractivity contribution in [1.29, 1.82) is 0 Å². The molecule has 0 heterocycles. The average molecular weight is 413 g/mol. The Bertz CT molecular complexity index is 755. The van der Waals surface area contributed by atoms with E-state index in [4.69, 9.17) is 9.84 Å². The SMILES string of the molecule is O=C(O)CCCCCCCCC(Cc1ccc(OCc2ccccc2)cc1)C(=O)O. The van der Waals surface area contributed by atoms with Crippen molar-refractivity contribution < 1.29 is 24.5 Å². The van der Waals surface area contributed by atoms with E-state index in [1.807, 2.05) is 54.6 Å². The van der Waals surface area contributed by atoms with Crippen LogP contribution in [0.25, 0.3) is 0 Å². The van der Waals surface area contributed by atoms with Gasteiger partial charge in [0.1, 0.15) is 12.4 Å². The van der Waals surface area contributed by atoms with Crippen LogP contribution in [-0.2, 0) is 22.6 Å². The van der Waals surface area contributed by atoms with Gasteiger partial charge in [0, 0.05) is 6.42 Å². The number of ether oxygens (including phenoxy) is 1. The highest BCUT2D eigenvalue weighted by atomic mass is 16.5. The minimum atomic E-state index is -0.749. The summed E-state index contributed by atoms with van der Waals surface area (Å²) in [6, 6.07) is 17.6. The van der Waals surface area contributed by atoms with E-state index in [1.54, 1.807) is 0 Å². The standard InChI is InChI=1S/C25H32O5/c26-24(27)13-9-4-2-1-3-8-12-22(25(28)29)18-20-14-16-23(17-15-20)30-19-21-10-6-5-7-11-21/h5-7,10-11,14-17,22H,1-4,8-9,12-13,18-19H2,(H,26,27)(H,28,29). The molecule has 0 aliphatic rings. The molecule has 1 unspecified atom stereocenters. The smallest absolute Gasteiger partial charge is 0.306 e. The molecule has 0 aromatic heterocycles. The lowest BCUT2D eigenvalue weighted by molar-refractivity contribution is -0.142. The molecule has 0 saturated heterocycles. The predicted molar refractivity (Wildman–Crippen MR) is 117 cm³/mol. The van der Waals surface area contributed by atoms with E-state index in [9.17, 15) is 14.7 Å². The Morgan fingerprint density at radius 1 is 0.767 bits per heavy atom. The molecule has 2 rings (SSSR count). The summed E-state index contributed by atoms with van der Waals surface area (Å²) < 4.78 is 5.78.